The van der Waals surface area contributed by atoms with Gasteiger partial charge in [0.2, 0.25) is 0 Å². The number of rotatable bonds is 0. The van der Waals surface area contributed by atoms with Gasteiger partial charge in [-0.3, -0.25) is 0 Å². The standard InChI is InChI=1S/C6F4N2S/c7-1-2(8)4(10)6-5(3(1)9)11-12-13-6. The second-order valence-corrected chi connectivity index (χ2v) is 2.96. The Morgan fingerprint density at radius 3 is 2.15 bits per heavy atom. The molecule has 0 fully saturated rings. The van der Waals surface area contributed by atoms with E-state index in [1.165, 1.54) is 0 Å². The Kier molecular flexibility index (Phi) is 1.69. The van der Waals surface area contributed by atoms with Gasteiger partial charge in [-0.05, 0) is 11.5 Å². The van der Waals surface area contributed by atoms with Gasteiger partial charge in [-0.25, -0.2) is 17.6 Å². The van der Waals surface area contributed by atoms with Gasteiger partial charge in [0, 0.05) is 0 Å². The molecule has 13 heavy (non-hydrogen) atoms. The summed E-state index contributed by atoms with van der Waals surface area (Å²) in [5.74, 6) is -6.67. The van der Waals surface area contributed by atoms with Crippen LogP contribution in [0.25, 0.3) is 10.2 Å². The SMILES string of the molecule is Fc1c(F)c(F)c2snnc2c1F. The topological polar surface area (TPSA) is 25.8 Å². The van der Waals surface area contributed by atoms with Crippen molar-refractivity contribution in [2.45, 2.75) is 0 Å². The second kappa shape index (κ2) is 2.63. The zero-order chi connectivity index (χ0) is 9.59. The molecule has 0 radical (unpaired) electrons. The van der Waals surface area contributed by atoms with Crippen LogP contribution >= 0.6 is 11.5 Å². The van der Waals surface area contributed by atoms with E-state index in [0.29, 0.717) is 11.5 Å². The molecule has 0 aliphatic heterocycles. The molecule has 0 spiro atoms. The number of hydrogen-bond donors (Lipinski definition) is 0. The van der Waals surface area contributed by atoms with Gasteiger partial charge < -0.3 is 0 Å². The molecule has 0 saturated heterocycles. The Balaban J connectivity index is 3.02. The molecule has 0 amide bonds. The molecule has 0 N–H and O–H groups in total. The highest BCUT2D eigenvalue weighted by Gasteiger charge is 2.22. The van der Waals surface area contributed by atoms with Crippen LogP contribution in [0.15, 0.2) is 0 Å². The summed E-state index contributed by atoms with van der Waals surface area (Å²) in [7, 11) is 0. The Hall–Kier alpha value is -1.24. The molecular weight excluding hydrogens is 208 g/mol. The van der Waals surface area contributed by atoms with E-state index in [1.807, 2.05) is 0 Å². The molecule has 2 aromatic rings. The van der Waals surface area contributed by atoms with Gasteiger partial charge in [0.1, 0.15) is 10.2 Å². The Labute approximate surface area is 73.0 Å². The predicted octanol–water partition coefficient (Wildman–Crippen LogP) is 2.25. The van der Waals surface area contributed by atoms with Crippen molar-refractivity contribution in [2.75, 3.05) is 0 Å². The molecule has 0 aliphatic rings. The summed E-state index contributed by atoms with van der Waals surface area (Å²) in [6, 6.07) is 0. The molecule has 2 rings (SSSR count). The monoisotopic (exact) mass is 208 g/mol. The summed E-state index contributed by atoms with van der Waals surface area (Å²) < 4.78 is 53.5. The first-order valence-corrected chi connectivity index (χ1v) is 3.84. The lowest BCUT2D eigenvalue weighted by atomic mass is 10.3. The molecule has 0 bridgehead atoms. The van der Waals surface area contributed by atoms with Crippen molar-refractivity contribution in [3.8, 4) is 0 Å². The van der Waals surface area contributed by atoms with Crippen LogP contribution in [0.3, 0.4) is 0 Å². The van der Waals surface area contributed by atoms with Crippen molar-refractivity contribution in [1.82, 2.24) is 9.59 Å². The third-order valence-corrected chi connectivity index (χ3v) is 2.19. The summed E-state index contributed by atoms with van der Waals surface area (Å²) >= 11 is 0.468. The lowest BCUT2D eigenvalue weighted by Crippen LogP contribution is -1.96. The molecular formula is C6F4N2S. The number of halogens is 4. The van der Waals surface area contributed by atoms with E-state index in [1.54, 1.807) is 0 Å². The largest absolute Gasteiger partial charge is 0.202 e. The van der Waals surface area contributed by atoms with Crippen molar-refractivity contribution < 1.29 is 17.6 Å². The van der Waals surface area contributed by atoms with Gasteiger partial charge in [0.05, 0.1) is 0 Å². The van der Waals surface area contributed by atoms with E-state index in [4.69, 9.17) is 0 Å². The molecule has 1 aromatic heterocycles. The Morgan fingerprint density at radius 1 is 0.846 bits per heavy atom. The zero-order valence-corrected chi connectivity index (χ0v) is 6.63. The van der Waals surface area contributed by atoms with Crippen LogP contribution in [0.4, 0.5) is 17.6 Å². The average molecular weight is 208 g/mol. The highest BCUT2D eigenvalue weighted by atomic mass is 32.1. The number of benzene rings is 1. The molecule has 2 nitrogen and oxygen atoms in total. The fraction of sp³-hybridized carbons (Fsp3) is 0. The fourth-order valence-electron chi connectivity index (χ4n) is 0.875. The van der Waals surface area contributed by atoms with E-state index in [-0.39, 0.29) is 0 Å². The molecule has 68 valence electrons. The summed E-state index contributed by atoms with van der Waals surface area (Å²) in [6.07, 6.45) is 0. The van der Waals surface area contributed by atoms with E-state index in [0.717, 1.165) is 0 Å². The smallest absolute Gasteiger partial charge is 0.199 e. The first-order chi connectivity index (χ1) is 6.13. The Bertz CT molecular complexity index is 439. The van der Waals surface area contributed by atoms with Gasteiger partial charge in [-0.2, -0.15) is 0 Å². The van der Waals surface area contributed by atoms with Crippen molar-refractivity contribution in [1.29, 1.82) is 0 Å². The fourth-order valence-corrected chi connectivity index (χ4v) is 1.47. The van der Waals surface area contributed by atoms with Crippen LogP contribution in [0, 0.1) is 23.3 Å². The molecule has 1 aromatic carbocycles. The quantitative estimate of drug-likeness (QED) is 0.377. The van der Waals surface area contributed by atoms with Gasteiger partial charge >= 0.3 is 0 Å². The molecule has 0 saturated carbocycles. The van der Waals surface area contributed by atoms with Crippen LogP contribution < -0.4 is 0 Å². The van der Waals surface area contributed by atoms with Crippen LogP contribution in [0.1, 0.15) is 0 Å². The predicted molar refractivity (Wildman–Crippen MR) is 37.2 cm³/mol. The lowest BCUT2D eigenvalue weighted by molar-refractivity contribution is 0.418. The third kappa shape index (κ3) is 0.998. The highest BCUT2D eigenvalue weighted by molar-refractivity contribution is 7.12. The minimum Gasteiger partial charge on any atom is -0.202 e. The summed E-state index contributed by atoms with van der Waals surface area (Å²) in [5, 5.41) is 3.13. The lowest BCUT2D eigenvalue weighted by Gasteiger charge is -1.96. The van der Waals surface area contributed by atoms with E-state index in [9.17, 15) is 17.6 Å². The maximum atomic E-state index is 12.8. The first-order valence-electron chi connectivity index (χ1n) is 3.07. The maximum Gasteiger partial charge on any atom is 0.199 e. The Morgan fingerprint density at radius 2 is 1.46 bits per heavy atom. The van der Waals surface area contributed by atoms with Crippen molar-refractivity contribution in [3.05, 3.63) is 23.3 Å². The summed E-state index contributed by atoms with van der Waals surface area (Å²) in [5.41, 5.74) is -0.582. The maximum absolute atomic E-state index is 12.8. The van der Waals surface area contributed by atoms with Gasteiger partial charge in [-0.1, -0.05) is 4.49 Å². The molecule has 1 heterocycles. The minimum atomic E-state index is -1.86. The minimum absolute atomic E-state index is 0.420. The number of nitrogens with zero attached hydrogens (tertiary/aromatic N) is 2. The average Bonchev–Trinajstić information content (AvgIpc) is 2.59. The van der Waals surface area contributed by atoms with Gasteiger partial charge in [-0.15, -0.1) is 5.10 Å². The van der Waals surface area contributed by atoms with Crippen molar-refractivity contribution >= 4 is 21.7 Å². The summed E-state index contributed by atoms with van der Waals surface area (Å²) in [6.45, 7) is 0. The zero-order valence-electron chi connectivity index (χ0n) is 5.81. The molecule has 0 atom stereocenters. The third-order valence-electron chi connectivity index (χ3n) is 1.47. The van der Waals surface area contributed by atoms with Crippen molar-refractivity contribution in [3.63, 3.8) is 0 Å². The first kappa shape index (κ1) is 8.36. The van der Waals surface area contributed by atoms with Crippen molar-refractivity contribution in [2.24, 2.45) is 0 Å². The molecule has 7 heteroatoms. The van der Waals surface area contributed by atoms with Crippen LogP contribution in [0.2, 0.25) is 0 Å². The second-order valence-electron chi connectivity index (χ2n) is 2.21. The van der Waals surface area contributed by atoms with Crippen LogP contribution in [-0.4, -0.2) is 9.59 Å². The van der Waals surface area contributed by atoms with Crippen LogP contribution in [0.5, 0.6) is 0 Å². The van der Waals surface area contributed by atoms with Gasteiger partial charge in [0.15, 0.2) is 23.3 Å². The highest BCUT2D eigenvalue weighted by Crippen LogP contribution is 2.26. The number of aromatic nitrogens is 2. The number of fused-ring (bicyclic) bond motifs is 1. The van der Waals surface area contributed by atoms with Crippen LogP contribution in [-0.2, 0) is 0 Å². The number of hydrogen-bond acceptors (Lipinski definition) is 3. The van der Waals surface area contributed by atoms with E-state index < -0.39 is 33.5 Å². The molecule has 0 aliphatic carbocycles. The summed E-state index contributed by atoms with van der Waals surface area (Å²) in [4.78, 5) is 0. The normalized spacial score (nSPS) is 11.1. The van der Waals surface area contributed by atoms with E-state index >= 15 is 0 Å². The van der Waals surface area contributed by atoms with Gasteiger partial charge in [0.25, 0.3) is 0 Å². The molecule has 0 unspecified atom stereocenters. The van der Waals surface area contributed by atoms with E-state index in [2.05, 4.69) is 9.59 Å².